The van der Waals surface area contributed by atoms with E-state index in [4.69, 9.17) is 7.75 Å². The Kier molecular flexibility index (Phi) is 6.35. The Morgan fingerprint density at radius 2 is 1.38 bits per heavy atom. The standard InChI is InChI=1S/C10H12O3.2C6H5.Sb/c1-7-4-3-5-9(8(7)2)13-6-10(11)12;2*1-2-4-6-5-3-1;/h3-5H,6H2,1-2H3,(H,11,12);2*1-5H;/q;;;+1/p-1. The second-order valence-electron chi connectivity index (χ2n) is 5.92. The van der Waals surface area contributed by atoms with E-state index in [-0.39, 0.29) is 12.6 Å². The second-order valence-corrected chi connectivity index (χ2v) is 11.1. The fourth-order valence-electron chi connectivity index (χ4n) is 2.53. The molecule has 0 fully saturated rings. The van der Waals surface area contributed by atoms with E-state index in [1.54, 1.807) is 0 Å². The van der Waals surface area contributed by atoms with Crippen LogP contribution in [0.1, 0.15) is 11.1 Å². The van der Waals surface area contributed by atoms with E-state index in [0.29, 0.717) is 0 Å². The zero-order valence-electron chi connectivity index (χ0n) is 14.9. The number of ether oxygens (including phenoxy) is 1. The van der Waals surface area contributed by atoms with Gasteiger partial charge in [-0.25, -0.2) is 0 Å². The molecule has 132 valence electrons. The van der Waals surface area contributed by atoms with Gasteiger partial charge in [-0.2, -0.15) is 0 Å². The topological polar surface area (TPSA) is 35.5 Å². The van der Waals surface area contributed by atoms with Crippen LogP contribution in [0.25, 0.3) is 0 Å². The number of carbonyl (C=O) groups excluding carboxylic acids is 1. The predicted octanol–water partition coefficient (Wildman–Crippen LogP) is 3.03. The Balaban J connectivity index is 1.73. The summed E-state index contributed by atoms with van der Waals surface area (Å²) in [5, 5.41) is 0. The van der Waals surface area contributed by atoms with E-state index in [0.717, 1.165) is 23.9 Å². The first kappa shape index (κ1) is 18.5. The van der Waals surface area contributed by atoms with Crippen molar-refractivity contribution in [3.63, 3.8) is 0 Å². The molecule has 0 radical (unpaired) electrons. The molecule has 0 bridgehead atoms. The molecule has 3 aromatic carbocycles. The summed E-state index contributed by atoms with van der Waals surface area (Å²) in [6.07, 6.45) is 0. The summed E-state index contributed by atoms with van der Waals surface area (Å²) < 4.78 is 13.9. The van der Waals surface area contributed by atoms with Crippen LogP contribution in [0, 0.1) is 13.8 Å². The van der Waals surface area contributed by atoms with Gasteiger partial charge in [0.05, 0.1) is 0 Å². The zero-order valence-corrected chi connectivity index (χ0v) is 17.4. The molecule has 0 atom stereocenters. The normalized spacial score (nSPS) is 10.6. The van der Waals surface area contributed by atoms with Gasteiger partial charge in [-0.1, -0.05) is 0 Å². The molecule has 0 aliphatic heterocycles. The van der Waals surface area contributed by atoms with Gasteiger partial charge in [0.2, 0.25) is 0 Å². The Bertz CT molecular complexity index is 824. The molecular formula is C22H21O3Sb. The molecule has 3 rings (SSSR count). The number of rotatable bonds is 6. The van der Waals surface area contributed by atoms with Gasteiger partial charge >= 0.3 is 162 Å². The third-order valence-electron chi connectivity index (χ3n) is 4.07. The van der Waals surface area contributed by atoms with Crippen molar-refractivity contribution in [2.45, 2.75) is 13.8 Å². The van der Waals surface area contributed by atoms with Gasteiger partial charge in [0.25, 0.3) is 0 Å². The number of aryl methyl sites for hydroxylation is 1. The molecular weight excluding hydrogens is 434 g/mol. The molecule has 0 unspecified atom stereocenters. The Morgan fingerprint density at radius 1 is 0.808 bits per heavy atom. The van der Waals surface area contributed by atoms with Gasteiger partial charge in [-0.3, -0.25) is 0 Å². The second kappa shape index (κ2) is 8.91. The van der Waals surface area contributed by atoms with Gasteiger partial charge in [-0.15, -0.1) is 0 Å². The predicted molar refractivity (Wildman–Crippen MR) is 105 cm³/mol. The molecule has 0 aliphatic rings. The van der Waals surface area contributed by atoms with Crippen LogP contribution in [-0.2, 0) is 7.81 Å². The van der Waals surface area contributed by atoms with Crippen molar-refractivity contribution in [2.24, 2.45) is 0 Å². The Hall–Kier alpha value is -2.25. The monoisotopic (exact) mass is 454 g/mol. The molecule has 3 nitrogen and oxygen atoms in total. The van der Waals surface area contributed by atoms with Crippen LogP contribution < -0.4 is 11.8 Å². The van der Waals surface area contributed by atoms with Gasteiger partial charge in [0.15, 0.2) is 0 Å². The molecule has 0 heterocycles. The summed E-state index contributed by atoms with van der Waals surface area (Å²) in [6.45, 7) is 3.94. The van der Waals surface area contributed by atoms with Gasteiger partial charge < -0.3 is 0 Å². The fraction of sp³-hybridized carbons (Fsp3) is 0.136. The third-order valence-corrected chi connectivity index (χ3v) is 9.56. The van der Waals surface area contributed by atoms with Crippen molar-refractivity contribution in [2.75, 3.05) is 6.61 Å². The van der Waals surface area contributed by atoms with Crippen LogP contribution in [0.5, 0.6) is 5.75 Å². The maximum atomic E-state index is 12.5. The SMILES string of the molecule is Cc1cccc(OCC(=O)[O][Sb]([c]2ccccc2)[c]2ccccc2)c1C. The minimum absolute atomic E-state index is 0.0787. The average molecular weight is 455 g/mol. The van der Waals surface area contributed by atoms with E-state index < -0.39 is 20.6 Å². The van der Waals surface area contributed by atoms with E-state index in [2.05, 4.69) is 0 Å². The van der Waals surface area contributed by atoms with E-state index in [1.807, 2.05) is 92.7 Å². The molecule has 4 heteroatoms. The number of carbonyl (C=O) groups is 1. The van der Waals surface area contributed by atoms with Crippen LogP contribution in [0.15, 0.2) is 78.9 Å². The van der Waals surface area contributed by atoms with Gasteiger partial charge in [0.1, 0.15) is 0 Å². The fourth-order valence-corrected chi connectivity index (χ4v) is 7.24. The Labute approximate surface area is 162 Å². The van der Waals surface area contributed by atoms with Crippen LogP contribution in [0.2, 0.25) is 0 Å². The number of benzene rings is 3. The van der Waals surface area contributed by atoms with Gasteiger partial charge in [0, 0.05) is 0 Å². The zero-order chi connectivity index (χ0) is 18.4. The van der Waals surface area contributed by atoms with Crippen molar-refractivity contribution < 1.29 is 12.5 Å². The van der Waals surface area contributed by atoms with Crippen molar-refractivity contribution in [1.82, 2.24) is 0 Å². The quantitative estimate of drug-likeness (QED) is 0.537. The molecule has 0 aromatic heterocycles. The van der Waals surface area contributed by atoms with Crippen molar-refractivity contribution >= 4 is 33.6 Å². The summed E-state index contributed by atoms with van der Waals surface area (Å²) in [4.78, 5) is 12.5. The molecule has 0 amide bonds. The molecule has 26 heavy (non-hydrogen) atoms. The molecule has 0 saturated heterocycles. The number of hydrogen-bond donors (Lipinski definition) is 0. The first-order valence-corrected chi connectivity index (χ1v) is 12.0. The Morgan fingerprint density at radius 3 is 1.96 bits per heavy atom. The van der Waals surface area contributed by atoms with E-state index >= 15 is 0 Å². The number of hydrogen-bond acceptors (Lipinski definition) is 3. The first-order chi connectivity index (χ1) is 12.6. The molecule has 0 N–H and O–H groups in total. The molecule has 0 aliphatic carbocycles. The summed E-state index contributed by atoms with van der Waals surface area (Å²) in [6, 6.07) is 25.8. The van der Waals surface area contributed by atoms with Crippen molar-refractivity contribution in [3.05, 3.63) is 90.0 Å². The summed E-state index contributed by atoms with van der Waals surface area (Å²) >= 11 is -2.61. The molecule has 0 spiro atoms. The maximum absolute atomic E-state index is 12.5. The van der Waals surface area contributed by atoms with Crippen LogP contribution in [0.4, 0.5) is 0 Å². The average Bonchev–Trinajstić information content (AvgIpc) is 2.68. The van der Waals surface area contributed by atoms with E-state index in [1.165, 1.54) is 0 Å². The molecule has 0 saturated carbocycles. The van der Waals surface area contributed by atoms with Crippen LogP contribution >= 0.6 is 0 Å². The van der Waals surface area contributed by atoms with Crippen molar-refractivity contribution in [3.8, 4) is 5.75 Å². The van der Waals surface area contributed by atoms with Gasteiger partial charge in [-0.05, 0) is 0 Å². The summed E-state index contributed by atoms with van der Waals surface area (Å²) in [5.41, 5.74) is 2.18. The summed E-state index contributed by atoms with van der Waals surface area (Å²) in [7, 11) is 0. The summed E-state index contributed by atoms with van der Waals surface area (Å²) in [5.74, 6) is 0.409. The third kappa shape index (κ3) is 4.68. The van der Waals surface area contributed by atoms with Crippen LogP contribution in [0.3, 0.4) is 0 Å². The first-order valence-electron chi connectivity index (χ1n) is 8.45. The minimum atomic E-state index is -2.61. The van der Waals surface area contributed by atoms with E-state index in [9.17, 15) is 4.79 Å². The van der Waals surface area contributed by atoms with Crippen molar-refractivity contribution in [1.29, 1.82) is 0 Å². The molecule has 3 aromatic rings. The van der Waals surface area contributed by atoms with Crippen LogP contribution in [-0.4, -0.2) is 33.2 Å².